The van der Waals surface area contributed by atoms with Crippen LogP contribution in [0.4, 0.5) is 4.39 Å². The number of benzene rings is 2. The number of thiazole rings is 1. The first-order valence-corrected chi connectivity index (χ1v) is 7.28. The lowest BCUT2D eigenvalue weighted by molar-refractivity contribution is 0.415. The zero-order chi connectivity index (χ0) is 14.4. The van der Waals surface area contributed by atoms with Crippen molar-refractivity contribution in [2.75, 3.05) is 7.11 Å². The predicted octanol–water partition coefficient (Wildman–Crippen LogP) is 4.36. The Balaban J connectivity index is 1.91. The van der Waals surface area contributed by atoms with E-state index >= 15 is 0 Å². The van der Waals surface area contributed by atoms with Gasteiger partial charge in [-0.2, -0.15) is 0 Å². The SMILES string of the molecule is COc1ccc2nc3sc(-c4ccc(F)cc4)cn3c2c1. The largest absolute Gasteiger partial charge is 0.497 e. The van der Waals surface area contributed by atoms with Gasteiger partial charge < -0.3 is 4.74 Å². The zero-order valence-corrected chi connectivity index (χ0v) is 12.0. The van der Waals surface area contributed by atoms with Crippen LogP contribution in [0.2, 0.25) is 0 Å². The van der Waals surface area contributed by atoms with E-state index < -0.39 is 0 Å². The highest BCUT2D eigenvalue weighted by Crippen LogP contribution is 2.32. The number of methoxy groups -OCH3 is 1. The molecule has 3 nitrogen and oxygen atoms in total. The molecule has 0 unspecified atom stereocenters. The molecule has 104 valence electrons. The van der Waals surface area contributed by atoms with Gasteiger partial charge in [-0.3, -0.25) is 4.40 Å². The van der Waals surface area contributed by atoms with Crippen molar-refractivity contribution >= 4 is 27.3 Å². The molecule has 0 aliphatic rings. The Hall–Kier alpha value is -2.40. The van der Waals surface area contributed by atoms with Crippen LogP contribution in [0.5, 0.6) is 5.75 Å². The number of halogens is 1. The molecule has 0 bridgehead atoms. The second kappa shape index (κ2) is 4.56. The van der Waals surface area contributed by atoms with E-state index in [9.17, 15) is 4.39 Å². The van der Waals surface area contributed by atoms with E-state index in [1.54, 1.807) is 30.6 Å². The van der Waals surface area contributed by atoms with Gasteiger partial charge in [-0.15, -0.1) is 0 Å². The minimum absolute atomic E-state index is 0.227. The van der Waals surface area contributed by atoms with Gasteiger partial charge >= 0.3 is 0 Å². The maximum atomic E-state index is 13.0. The number of hydrogen-bond acceptors (Lipinski definition) is 3. The van der Waals surface area contributed by atoms with Gasteiger partial charge in [-0.05, 0) is 29.8 Å². The van der Waals surface area contributed by atoms with Gasteiger partial charge in [0.05, 0.1) is 23.0 Å². The predicted molar refractivity (Wildman–Crippen MR) is 82.5 cm³/mol. The zero-order valence-electron chi connectivity index (χ0n) is 11.2. The fourth-order valence-electron chi connectivity index (χ4n) is 2.36. The summed E-state index contributed by atoms with van der Waals surface area (Å²) in [5, 5.41) is 0. The second-order valence-electron chi connectivity index (χ2n) is 4.72. The third-order valence-electron chi connectivity index (χ3n) is 3.44. The average molecular weight is 298 g/mol. The van der Waals surface area contributed by atoms with E-state index in [2.05, 4.69) is 4.98 Å². The lowest BCUT2D eigenvalue weighted by Gasteiger charge is -1.99. The molecule has 21 heavy (non-hydrogen) atoms. The second-order valence-corrected chi connectivity index (χ2v) is 5.73. The van der Waals surface area contributed by atoms with Crippen LogP contribution in [0.3, 0.4) is 0 Å². The summed E-state index contributed by atoms with van der Waals surface area (Å²) in [5.41, 5.74) is 2.93. The molecule has 0 aliphatic carbocycles. The lowest BCUT2D eigenvalue weighted by Crippen LogP contribution is -1.83. The maximum absolute atomic E-state index is 13.0. The maximum Gasteiger partial charge on any atom is 0.195 e. The van der Waals surface area contributed by atoms with Crippen molar-refractivity contribution in [1.29, 1.82) is 0 Å². The molecule has 0 amide bonds. The van der Waals surface area contributed by atoms with Crippen molar-refractivity contribution in [3.63, 3.8) is 0 Å². The summed E-state index contributed by atoms with van der Waals surface area (Å²) in [4.78, 5) is 6.58. The van der Waals surface area contributed by atoms with Crippen LogP contribution in [-0.2, 0) is 0 Å². The van der Waals surface area contributed by atoms with Crippen LogP contribution in [-0.4, -0.2) is 16.5 Å². The standard InChI is InChI=1S/C16H11FN2OS/c1-20-12-6-7-13-14(8-12)19-9-15(21-16(19)18-13)10-2-4-11(17)5-3-10/h2-9H,1H3. The van der Waals surface area contributed by atoms with Gasteiger partial charge in [0, 0.05) is 12.3 Å². The molecule has 2 heterocycles. The summed E-state index contributed by atoms with van der Waals surface area (Å²) in [6.07, 6.45) is 2.03. The highest BCUT2D eigenvalue weighted by Gasteiger charge is 2.11. The van der Waals surface area contributed by atoms with E-state index in [0.717, 1.165) is 32.2 Å². The molecule has 0 saturated carbocycles. The molecule has 0 saturated heterocycles. The molecule has 0 spiro atoms. The number of nitrogens with zero attached hydrogens (tertiary/aromatic N) is 2. The van der Waals surface area contributed by atoms with Gasteiger partial charge in [0.1, 0.15) is 11.6 Å². The summed E-state index contributed by atoms with van der Waals surface area (Å²) < 4.78 is 20.3. The summed E-state index contributed by atoms with van der Waals surface area (Å²) in [6.45, 7) is 0. The van der Waals surface area contributed by atoms with Crippen molar-refractivity contribution in [2.45, 2.75) is 0 Å². The van der Waals surface area contributed by atoms with Crippen LogP contribution in [0.25, 0.3) is 26.4 Å². The molecule has 0 N–H and O–H groups in total. The molecule has 2 aromatic heterocycles. The molecule has 5 heteroatoms. The lowest BCUT2D eigenvalue weighted by atomic mass is 10.2. The Morgan fingerprint density at radius 1 is 1.14 bits per heavy atom. The number of hydrogen-bond donors (Lipinski definition) is 0. The minimum Gasteiger partial charge on any atom is -0.497 e. The van der Waals surface area contributed by atoms with Crippen LogP contribution in [0.15, 0.2) is 48.7 Å². The first-order valence-electron chi connectivity index (χ1n) is 6.46. The Kier molecular flexibility index (Phi) is 2.68. The first kappa shape index (κ1) is 12.3. The molecule has 2 aromatic carbocycles. The topological polar surface area (TPSA) is 26.5 Å². The van der Waals surface area contributed by atoms with E-state index in [1.807, 2.05) is 28.8 Å². The molecular formula is C16H11FN2OS. The van der Waals surface area contributed by atoms with Crippen molar-refractivity contribution in [2.24, 2.45) is 0 Å². The minimum atomic E-state index is -0.227. The number of rotatable bonds is 2. The van der Waals surface area contributed by atoms with Gasteiger partial charge in [-0.1, -0.05) is 23.5 Å². The van der Waals surface area contributed by atoms with Crippen LogP contribution in [0, 0.1) is 5.82 Å². The monoisotopic (exact) mass is 298 g/mol. The van der Waals surface area contributed by atoms with Crippen LogP contribution < -0.4 is 4.74 Å². The van der Waals surface area contributed by atoms with E-state index in [1.165, 1.54) is 12.1 Å². The van der Waals surface area contributed by atoms with Gasteiger partial charge in [0.15, 0.2) is 4.96 Å². The highest BCUT2D eigenvalue weighted by molar-refractivity contribution is 7.20. The Bertz CT molecular complexity index is 940. The molecule has 4 aromatic rings. The van der Waals surface area contributed by atoms with Crippen molar-refractivity contribution in [3.8, 4) is 16.2 Å². The molecule has 0 fully saturated rings. The summed E-state index contributed by atoms with van der Waals surface area (Å²) in [5.74, 6) is 0.578. The van der Waals surface area contributed by atoms with Crippen LogP contribution in [0.1, 0.15) is 0 Å². The summed E-state index contributed by atoms with van der Waals surface area (Å²) in [6, 6.07) is 12.3. The number of aromatic nitrogens is 2. The van der Waals surface area contributed by atoms with E-state index in [-0.39, 0.29) is 5.82 Å². The average Bonchev–Trinajstić information content (AvgIpc) is 3.05. The van der Waals surface area contributed by atoms with Crippen molar-refractivity contribution < 1.29 is 9.13 Å². The molecule has 0 radical (unpaired) electrons. The van der Waals surface area contributed by atoms with Crippen molar-refractivity contribution in [3.05, 3.63) is 54.5 Å². The fraction of sp³-hybridized carbons (Fsp3) is 0.0625. The summed E-state index contributed by atoms with van der Waals surface area (Å²) >= 11 is 1.58. The van der Waals surface area contributed by atoms with Gasteiger partial charge in [-0.25, -0.2) is 9.37 Å². The normalized spacial score (nSPS) is 11.3. The third-order valence-corrected chi connectivity index (χ3v) is 4.47. The van der Waals surface area contributed by atoms with E-state index in [0.29, 0.717) is 0 Å². The molecule has 0 aliphatic heterocycles. The highest BCUT2D eigenvalue weighted by atomic mass is 32.1. The summed E-state index contributed by atoms with van der Waals surface area (Å²) in [7, 11) is 1.65. The molecular weight excluding hydrogens is 287 g/mol. The Labute approximate surface area is 124 Å². The fourth-order valence-corrected chi connectivity index (χ4v) is 3.37. The van der Waals surface area contributed by atoms with Gasteiger partial charge in [0.25, 0.3) is 0 Å². The number of fused-ring (bicyclic) bond motifs is 3. The Morgan fingerprint density at radius 3 is 2.71 bits per heavy atom. The van der Waals surface area contributed by atoms with Gasteiger partial charge in [0.2, 0.25) is 0 Å². The smallest absolute Gasteiger partial charge is 0.195 e. The molecule has 0 atom stereocenters. The molecule has 4 rings (SSSR count). The van der Waals surface area contributed by atoms with E-state index in [4.69, 9.17) is 4.74 Å². The number of imidazole rings is 1. The third kappa shape index (κ3) is 1.97. The number of ether oxygens (including phenoxy) is 1. The first-order chi connectivity index (χ1) is 10.2. The van der Waals surface area contributed by atoms with Crippen molar-refractivity contribution in [1.82, 2.24) is 9.38 Å². The Morgan fingerprint density at radius 2 is 1.95 bits per heavy atom. The quantitative estimate of drug-likeness (QED) is 0.549. The van der Waals surface area contributed by atoms with Crippen LogP contribution >= 0.6 is 11.3 Å².